The molecule has 0 saturated heterocycles. The summed E-state index contributed by atoms with van der Waals surface area (Å²) in [4.78, 5) is 53.6. The van der Waals surface area contributed by atoms with Gasteiger partial charge in [-0.05, 0) is 81.7 Å². The minimum Gasteiger partial charge on any atom is -0.444 e. The minimum absolute atomic E-state index is 0.0436. The standard InChI is InChI=1S/C36H54N4O7/c1-11-27(19-32(41)45-23-46-33(42)22-39(10)35(44)47-36(7,8)9)28-14-17-31(40(20-24(2)3)21-25(4)5)30(18-28)38-34(43)37-29-15-12-26(6)13-16-29/h12-18,24-25,27H,11,19-23H2,1-10H3,(H2,37,38,43). The molecule has 260 valence electrons. The summed E-state index contributed by atoms with van der Waals surface area (Å²) in [5.74, 6) is -0.696. The van der Waals surface area contributed by atoms with E-state index in [9.17, 15) is 19.2 Å². The van der Waals surface area contributed by atoms with E-state index >= 15 is 0 Å². The lowest BCUT2D eigenvalue weighted by molar-refractivity contribution is -0.167. The third-order valence-corrected chi connectivity index (χ3v) is 6.98. The number of hydrogen-bond acceptors (Lipinski definition) is 8. The molecule has 1 unspecified atom stereocenters. The van der Waals surface area contributed by atoms with E-state index in [0.717, 1.165) is 34.8 Å². The van der Waals surface area contributed by atoms with E-state index in [-0.39, 0.29) is 24.9 Å². The molecule has 0 bridgehead atoms. The number of rotatable bonds is 15. The van der Waals surface area contributed by atoms with Crippen LogP contribution in [0.2, 0.25) is 0 Å². The van der Waals surface area contributed by atoms with Crippen molar-refractivity contribution in [2.75, 3.05) is 49.0 Å². The van der Waals surface area contributed by atoms with Gasteiger partial charge >= 0.3 is 24.1 Å². The van der Waals surface area contributed by atoms with Gasteiger partial charge in [0.05, 0.1) is 17.8 Å². The van der Waals surface area contributed by atoms with E-state index < -0.39 is 30.4 Å². The van der Waals surface area contributed by atoms with Crippen LogP contribution in [0.4, 0.5) is 26.7 Å². The number of urea groups is 1. The molecule has 0 fully saturated rings. The highest BCUT2D eigenvalue weighted by Gasteiger charge is 2.23. The van der Waals surface area contributed by atoms with Gasteiger partial charge < -0.3 is 34.6 Å². The molecule has 0 saturated carbocycles. The summed E-state index contributed by atoms with van der Waals surface area (Å²) < 4.78 is 15.4. The number of nitrogens with one attached hydrogen (secondary N) is 2. The summed E-state index contributed by atoms with van der Waals surface area (Å²) in [6, 6.07) is 13.1. The average Bonchev–Trinajstić information content (AvgIpc) is 2.95. The second kappa shape index (κ2) is 18.2. The zero-order valence-electron chi connectivity index (χ0n) is 29.8. The van der Waals surface area contributed by atoms with Crippen molar-refractivity contribution in [2.24, 2.45) is 11.8 Å². The van der Waals surface area contributed by atoms with Gasteiger partial charge in [0.25, 0.3) is 0 Å². The number of hydrogen-bond donors (Lipinski definition) is 2. The predicted octanol–water partition coefficient (Wildman–Crippen LogP) is 7.55. The highest BCUT2D eigenvalue weighted by molar-refractivity contribution is 6.02. The predicted molar refractivity (Wildman–Crippen MR) is 186 cm³/mol. The molecular weight excluding hydrogens is 600 g/mol. The molecule has 1 atom stereocenters. The van der Waals surface area contributed by atoms with E-state index in [1.165, 1.54) is 7.05 Å². The summed E-state index contributed by atoms with van der Waals surface area (Å²) in [6.45, 7) is 18.5. The Balaban J connectivity index is 2.16. The Morgan fingerprint density at radius 3 is 2.00 bits per heavy atom. The first-order valence-electron chi connectivity index (χ1n) is 16.3. The second-order valence-corrected chi connectivity index (χ2v) is 13.7. The number of nitrogens with zero attached hydrogens (tertiary/aromatic N) is 2. The average molecular weight is 655 g/mol. The summed E-state index contributed by atoms with van der Waals surface area (Å²) >= 11 is 0. The molecule has 0 aliphatic rings. The first kappa shape index (κ1) is 38.9. The monoisotopic (exact) mass is 654 g/mol. The van der Waals surface area contributed by atoms with Gasteiger partial charge in [-0.15, -0.1) is 0 Å². The minimum atomic E-state index is -0.735. The third-order valence-electron chi connectivity index (χ3n) is 6.98. The fourth-order valence-corrected chi connectivity index (χ4v) is 4.82. The Labute approximate surface area is 280 Å². The molecule has 11 nitrogen and oxygen atoms in total. The van der Waals surface area contributed by atoms with Gasteiger partial charge in [-0.3, -0.25) is 9.59 Å². The maximum Gasteiger partial charge on any atom is 0.410 e. The maximum absolute atomic E-state index is 13.2. The number of anilines is 3. The van der Waals surface area contributed by atoms with Crippen molar-refractivity contribution in [3.05, 3.63) is 53.6 Å². The van der Waals surface area contributed by atoms with Gasteiger partial charge in [0.15, 0.2) is 0 Å². The lowest BCUT2D eigenvalue weighted by atomic mass is 9.92. The van der Waals surface area contributed by atoms with Gasteiger partial charge in [0.1, 0.15) is 12.1 Å². The van der Waals surface area contributed by atoms with E-state index in [0.29, 0.717) is 29.6 Å². The number of carbonyl (C=O) groups is 4. The van der Waals surface area contributed by atoms with E-state index in [4.69, 9.17) is 14.2 Å². The van der Waals surface area contributed by atoms with Crippen molar-refractivity contribution < 1.29 is 33.4 Å². The summed E-state index contributed by atoms with van der Waals surface area (Å²) in [5.41, 5.74) is 3.48. The molecule has 2 N–H and O–H groups in total. The van der Waals surface area contributed by atoms with E-state index in [1.54, 1.807) is 20.8 Å². The van der Waals surface area contributed by atoms with Crippen LogP contribution in [0.5, 0.6) is 0 Å². The molecular formula is C36H54N4O7. The Hall–Kier alpha value is -4.28. The van der Waals surface area contributed by atoms with Crippen molar-refractivity contribution in [3.8, 4) is 0 Å². The first-order valence-corrected chi connectivity index (χ1v) is 16.3. The lowest BCUT2D eigenvalue weighted by Gasteiger charge is -2.31. The Morgan fingerprint density at radius 1 is 0.851 bits per heavy atom. The van der Waals surface area contributed by atoms with Gasteiger partial charge in [0.2, 0.25) is 6.79 Å². The molecule has 0 spiro atoms. The number of ether oxygens (including phenoxy) is 3. The van der Waals surface area contributed by atoms with Crippen molar-refractivity contribution in [3.63, 3.8) is 0 Å². The number of carbonyl (C=O) groups excluding carboxylic acids is 4. The van der Waals surface area contributed by atoms with Crippen LogP contribution >= 0.6 is 0 Å². The van der Waals surface area contributed by atoms with Gasteiger partial charge in [-0.1, -0.05) is 58.4 Å². The van der Waals surface area contributed by atoms with Crippen molar-refractivity contribution in [1.82, 2.24) is 4.90 Å². The first-order chi connectivity index (χ1) is 22.0. The molecule has 0 heterocycles. The van der Waals surface area contributed by atoms with Gasteiger partial charge in [-0.25, -0.2) is 9.59 Å². The fourth-order valence-electron chi connectivity index (χ4n) is 4.82. The fraction of sp³-hybridized carbons (Fsp3) is 0.556. The molecule has 0 aliphatic carbocycles. The molecule has 0 aliphatic heterocycles. The van der Waals surface area contributed by atoms with Gasteiger partial charge in [0, 0.05) is 25.8 Å². The van der Waals surface area contributed by atoms with Crippen LogP contribution < -0.4 is 15.5 Å². The SMILES string of the molecule is CCC(CC(=O)OCOC(=O)CN(C)C(=O)OC(C)(C)C)c1ccc(N(CC(C)C)CC(C)C)c(NC(=O)Nc2ccc(C)cc2)c1. The second-order valence-electron chi connectivity index (χ2n) is 13.7. The smallest absolute Gasteiger partial charge is 0.410 e. The number of likely N-dealkylation sites (N-methyl/N-ethyl adjacent to an activating group) is 1. The van der Waals surface area contributed by atoms with Crippen molar-refractivity contribution in [1.29, 1.82) is 0 Å². The zero-order valence-corrected chi connectivity index (χ0v) is 29.8. The zero-order chi connectivity index (χ0) is 35.3. The number of aryl methyl sites for hydroxylation is 1. The largest absolute Gasteiger partial charge is 0.444 e. The van der Waals surface area contributed by atoms with Gasteiger partial charge in [-0.2, -0.15) is 0 Å². The highest BCUT2D eigenvalue weighted by Crippen LogP contribution is 2.34. The maximum atomic E-state index is 13.2. The topological polar surface area (TPSA) is 127 Å². The molecule has 2 aromatic carbocycles. The van der Waals surface area contributed by atoms with Crippen LogP contribution in [0.25, 0.3) is 0 Å². The van der Waals surface area contributed by atoms with Crippen LogP contribution in [0, 0.1) is 18.8 Å². The van der Waals surface area contributed by atoms with Crippen LogP contribution in [0.1, 0.15) is 85.3 Å². The highest BCUT2D eigenvalue weighted by atomic mass is 16.7. The summed E-state index contributed by atoms with van der Waals surface area (Å²) in [5, 5.41) is 5.96. The van der Waals surface area contributed by atoms with Crippen LogP contribution in [0.15, 0.2) is 42.5 Å². The van der Waals surface area contributed by atoms with E-state index in [1.807, 2.05) is 56.3 Å². The van der Waals surface area contributed by atoms with Crippen molar-refractivity contribution >= 4 is 41.1 Å². The van der Waals surface area contributed by atoms with E-state index in [2.05, 4.69) is 43.2 Å². The third kappa shape index (κ3) is 14.4. The van der Waals surface area contributed by atoms with Crippen LogP contribution in [0.3, 0.4) is 0 Å². The molecule has 3 amide bonds. The molecule has 2 aromatic rings. The van der Waals surface area contributed by atoms with Crippen molar-refractivity contribution in [2.45, 2.75) is 86.7 Å². The quantitative estimate of drug-likeness (QED) is 0.149. The molecule has 0 radical (unpaired) electrons. The number of amides is 3. The number of benzene rings is 2. The Kier molecular flexibility index (Phi) is 15.0. The molecule has 47 heavy (non-hydrogen) atoms. The lowest BCUT2D eigenvalue weighted by Crippen LogP contribution is -2.37. The Bertz CT molecular complexity index is 1330. The molecule has 0 aromatic heterocycles. The normalized spacial score (nSPS) is 11.9. The summed E-state index contributed by atoms with van der Waals surface area (Å²) in [6.07, 6.45) is 0.00866. The molecule has 11 heteroatoms. The summed E-state index contributed by atoms with van der Waals surface area (Å²) in [7, 11) is 1.42. The van der Waals surface area contributed by atoms with Crippen LogP contribution in [-0.4, -0.2) is 68.0 Å². The number of esters is 2. The molecule has 2 rings (SSSR count). The van der Waals surface area contributed by atoms with Crippen LogP contribution in [-0.2, 0) is 23.8 Å². The Morgan fingerprint density at radius 2 is 1.45 bits per heavy atom.